The van der Waals surface area contributed by atoms with Crippen LogP contribution >= 0.6 is 0 Å². The minimum Gasteiger partial charge on any atom is -0.507 e. The van der Waals surface area contributed by atoms with Gasteiger partial charge in [0.2, 0.25) is 0 Å². The number of aliphatic hydroxyl groups excluding tert-OH is 3. The first-order chi connectivity index (χ1) is 10.3. The highest BCUT2D eigenvalue weighted by Gasteiger charge is 2.39. The van der Waals surface area contributed by atoms with E-state index in [1.54, 1.807) is 0 Å². The van der Waals surface area contributed by atoms with E-state index in [1.807, 2.05) is 0 Å². The molecule has 0 radical (unpaired) electrons. The minimum absolute atomic E-state index is 0.166. The zero-order chi connectivity index (χ0) is 16.6. The van der Waals surface area contributed by atoms with Gasteiger partial charge >= 0.3 is 0 Å². The summed E-state index contributed by atoms with van der Waals surface area (Å²) in [5.74, 6) is -2.38. The molecule has 8 nitrogen and oxygen atoms in total. The van der Waals surface area contributed by atoms with E-state index in [0.29, 0.717) is 0 Å². The average Bonchev–Trinajstić information content (AvgIpc) is 2.41. The third-order valence-electron chi connectivity index (χ3n) is 3.72. The number of carbonyl (C=O) groups excluding carboxylic acids is 1. The number of Topliss-reactive ketones (excluding diaryl/α,β-unsaturated/α-hetero) is 1. The minimum atomic E-state index is -1.31. The third kappa shape index (κ3) is 2.73. The molecule has 22 heavy (non-hydrogen) atoms. The van der Waals surface area contributed by atoms with E-state index in [1.165, 1.54) is 0 Å². The van der Waals surface area contributed by atoms with Crippen molar-refractivity contribution in [1.82, 2.24) is 0 Å². The SMILES string of the molecule is CC(=O)c1c(O)cc(O)c([C@H]2C[C@@H](O)[C@H](O)[C@@H](CO)O2)c1O. The molecule has 1 saturated heterocycles. The Morgan fingerprint density at radius 2 is 1.91 bits per heavy atom. The predicted molar refractivity (Wildman–Crippen MR) is 72.8 cm³/mol. The molecule has 0 spiro atoms. The topological polar surface area (TPSA) is 148 Å². The van der Waals surface area contributed by atoms with Gasteiger partial charge in [-0.3, -0.25) is 4.79 Å². The Labute approximate surface area is 125 Å². The van der Waals surface area contributed by atoms with Gasteiger partial charge in [0, 0.05) is 12.5 Å². The van der Waals surface area contributed by atoms with Crippen molar-refractivity contribution >= 4 is 5.78 Å². The molecule has 1 aliphatic heterocycles. The fourth-order valence-electron chi connectivity index (χ4n) is 2.61. The van der Waals surface area contributed by atoms with Crippen molar-refractivity contribution < 1.29 is 40.2 Å². The third-order valence-corrected chi connectivity index (χ3v) is 3.72. The summed E-state index contributed by atoms with van der Waals surface area (Å²) in [6.07, 6.45) is -4.89. The molecule has 1 heterocycles. The molecule has 0 amide bonds. The lowest BCUT2D eigenvalue weighted by atomic mass is 9.91. The molecule has 8 heteroatoms. The zero-order valence-corrected chi connectivity index (χ0v) is 11.8. The van der Waals surface area contributed by atoms with E-state index in [-0.39, 0.29) is 17.5 Å². The van der Waals surface area contributed by atoms with Crippen LogP contribution < -0.4 is 0 Å². The number of aliphatic hydroxyl groups is 3. The summed E-state index contributed by atoms with van der Waals surface area (Å²) in [5, 5.41) is 58.4. The van der Waals surface area contributed by atoms with Crippen LogP contribution in [0.2, 0.25) is 0 Å². The highest BCUT2D eigenvalue weighted by Crippen LogP contribution is 2.45. The first-order valence-electron chi connectivity index (χ1n) is 6.69. The van der Waals surface area contributed by atoms with Crippen LogP contribution in [0.5, 0.6) is 17.2 Å². The number of rotatable bonds is 3. The normalized spacial score (nSPS) is 28.5. The lowest BCUT2D eigenvalue weighted by Gasteiger charge is -2.37. The van der Waals surface area contributed by atoms with Gasteiger partial charge in [0.25, 0.3) is 0 Å². The van der Waals surface area contributed by atoms with Gasteiger partial charge in [0.15, 0.2) is 5.78 Å². The highest BCUT2D eigenvalue weighted by molar-refractivity contribution is 6.00. The van der Waals surface area contributed by atoms with Crippen molar-refractivity contribution in [3.05, 3.63) is 17.2 Å². The Balaban J connectivity index is 2.48. The number of phenols is 3. The summed E-state index contributed by atoms with van der Waals surface area (Å²) in [4.78, 5) is 11.5. The molecule has 0 aromatic heterocycles. The van der Waals surface area contributed by atoms with Crippen LogP contribution in [0.25, 0.3) is 0 Å². The van der Waals surface area contributed by atoms with Crippen LogP contribution in [-0.4, -0.2) is 61.3 Å². The van der Waals surface area contributed by atoms with Gasteiger partial charge in [-0.25, -0.2) is 0 Å². The van der Waals surface area contributed by atoms with Crippen molar-refractivity contribution in [2.24, 2.45) is 0 Å². The maximum absolute atomic E-state index is 11.5. The summed E-state index contributed by atoms with van der Waals surface area (Å²) in [6.45, 7) is 0.556. The fraction of sp³-hybridized carbons (Fsp3) is 0.500. The first kappa shape index (κ1) is 16.5. The average molecular weight is 314 g/mol. The number of phenolic OH excluding ortho intramolecular Hbond substituents is 3. The molecule has 2 rings (SSSR count). The molecule has 1 aromatic carbocycles. The van der Waals surface area contributed by atoms with Crippen molar-refractivity contribution in [3.63, 3.8) is 0 Å². The largest absolute Gasteiger partial charge is 0.507 e. The summed E-state index contributed by atoms with van der Waals surface area (Å²) in [7, 11) is 0. The van der Waals surface area contributed by atoms with Gasteiger partial charge in [-0.05, 0) is 6.92 Å². The molecule has 0 bridgehead atoms. The Morgan fingerprint density at radius 1 is 1.27 bits per heavy atom. The van der Waals surface area contributed by atoms with Crippen LogP contribution in [0.4, 0.5) is 0 Å². The summed E-state index contributed by atoms with van der Waals surface area (Å²) in [6, 6.07) is 0.889. The number of ether oxygens (including phenoxy) is 1. The van der Waals surface area contributed by atoms with E-state index in [4.69, 9.17) is 9.84 Å². The van der Waals surface area contributed by atoms with E-state index in [9.17, 15) is 30.3 Å². The second-order valence-electron chi connectivity index (χ2n) is 5.25. The Morgan fingerprint density at radius 3 is 2.45 bits per heavy atom. The van der Waals surface area contributed by atoms with Crippen molar-refractivity contribution in [1.29, 1.82) is 0 Å². The maximum Gasteiger partial charge on any atom is 0.167 e. The zero-order valence-electron chi connectivity index (χ0n) is 11.8. The number of hydrogen-bond acceptors (Lipinski definition) is 8. The molecule has 1 aliphatic rings. The van der Waals surface area contributed by atoms with Gasteiger partial charge in [-0.2, -0.15) is 0 Å². The summed E-state index contributed by atoms with van der Waals surface area (Å²) >= 11 is 0. The van der Waals surface area contributed by atoms with Crippen molar-refractivity contribution in [3.8, 4) is 17.2 Å². The lowest BCUT2D eigenvalue weighted by molar-refractivity contribution is -0.182. The Kier molecular flexibility index (Phi) is 4.57. The van der Waals surface area contributed by atoms with E-state index in [0.717, 1.165) is 13.0 Å². The first-order valence-corrected chi connectivity index (χ1v) is 6.69. The summed E-state index contributed by atoms with van der Waals surface area (Å²) in [5.41, 5.74) is -0.565. The number of carbonyl (C=O) groups is 1. The van der Waals surface area contributed by atoms with Crippen LogP contribution in [-0.2, 0) is 4.74 Å². The number of hydrogen-bond donors (Lipinski definition) is 6. The Bertz CT molecular complexity index is 585. The molecule has 1 aromatic rings. The highest BCUT2D eigenvalue weighted by atomic mass is 16.5. The number of aromatic hydroxyl groups is 3. The van der Waals surface area contributed by atoms with Crippen molar-refractivity contribution in [2.75, 3.05) is 6.61 Å². The molecule has 0 saturated carbocycles. The van der Waals surface area contributed by atoms with Gasteiger partial charge in [0.05, 0.1) is 24.4 Å². The molecule has 1 fully saturated rings. The Hall–Kier alpha value is -1.87. The second-order valence-corrected chi connectivity index (χ2v) is 5.25. The van der Waals surface area contributed by atoms with Crippen LogP contribution in [0.1, 0.15) is 35.4 Å². The van der Waals surface area contributed by atoms with Gasteiger partial charge in [-0.15, -0.1) is 0 Å². The smallest absolute Gasteiger partial charge is 0.167 e. The van der Waals surface area contributed by atoms with E-state index >= 15 is 0 Å². The lowest BCUT2D eigenvalue weighted by Crippen LogP contribution is -2.47. The molecular weight excluding hydrogens is 296 g/mol. The van der Waals surface area contributed by atoms with Gasteiger partial charge in [0.1, 0.15) is 35.0 Å². The monoisotopic (exact) mass is 314 g/mol. The molecule has 6 N–H and O–H groups in total. The van der Waals surface area contributed by atoms with Crippen LogP contribution in [0, 0.1) is 0 Å². The van der Waals surface area contributed by atoms with E-state index < -0.39 is 54.1 Å². The maximum atomic E-state index is 11.5. The van der Waals surface area contributed by atoms with Crippen molar-refractivity contribution in [2.45, 2.75) is 37.8 Å². The second kappa shape index (κ2) is 6.09. The van der Waals surface area contributed by atoms with E-state index in [2.05, 4.69) is 0 Å². The molecular formula is C14H18O8. The van der Waals surface area contributed by atoms with Gasteiger partial charge < -0.3 is 35.4 Å². The van der Waals surface area contributed by atoms with Crippen LogP contribution in [0.15, 0.2) is 6.07 Å². The van der Waals surface area contributed by atoms with Crippen LogP contribution in [0.3, 0.4) is 0 Å². The van der Waals surface area contributed by atoms with Gasteiger partial charge in [-0.1, -0.05) is 0 Å². The predicted octanol–water partition coefficient (Wildman–Crippen LogP) is -0.450. The molecule has 4 atom stereocenters. The number of benzene rings is 1. The number of ketones is 1. The summed E-state index contributed by atoms with van der Waals surface area (Å²) < 4.78 is 5.37. The quantitative estimate of drug-likeness (QED) is 0.411. The standard InChI is InChI=1S/C14H18O8/c1-5(16)11-6(17)2-7(18)12(14(11)21)9-3-8(19)13(20)10(4-15)22-9/h2,8-10,13,15,17-21H,3-4H2,1H3/t8-,9-,10-,13+/m1/s1. The fourth-order valence-corrected chi connectivity index (χ4v) is 2.61. The molecule has 0 aliphatic carbocycles. The molecule has 122 valence electrons. The molecule has 0 unspecified atom stereocenters.